The van der Waals surface area contributed by atoms with Crippen LogP contribution in [0, 0.1) is 13.8 Å². The number of likely N-dealkylation sites (tertiary alicyclic amines) is 1. The van der Waals surface area contributed by atoms with E-state index < -0.39 is 27.6 Å². The van der Waals surface area contributed by atoms with Gasteiger partial charge in [-0.05, 0) is 13.8 Å². The summed E-state index contributed by atoms with van der Waals surface area (Å²) in [5.41, 5.74) is -0.956. The van der Waals surface area contributed by atoms with Crippen LogP contribution in [0.2, 0.25) is 0 Å². The largest absolute Gasteiger partial charge is 0.388 e. The lowest BCUT2D eigenvalue weighted by molar-refractivity contribution is -0.0352. The van der Waals surface area contributed by atoms with Gasteiger partial charge in [0.15, 0.2) is 0 Å². The number of hydrogen-bond donors (Lipinski definition) is 3. The number of aromatic nitrogens is 2. The first-order valence-corrected chi connectivity index (χ1v) is 8.85. The van der Waals surface area contributed by atoms with Gasteiger partial charge in [-0.3, -0.25) is 4.79 Å². The van der Waals surface area contributed by atoms with E-state index in [0.717, 1.165) is 6.26 Å². The highest BCUT2D eigenvalue weighted by molar-refractivity contribution is 7.88. The zero-order chi connectivity index (χ0) is 17.4. The number of sulfonamides is 1. The minimum absolute atomic E-state index is 0.103. The van der Waals surface area contributed by atoms with Crippen molar-refractivity contribution in [2.45, 2.75) is 25.6 Å². The van der Waals surface area contributed by atoms with Crippen molar-refractivity contribution in [2.75, 3.05) is 25.9 Å². The molecule has 128 valence electrons. The minimum Gasteiger partial charge on any atom is -0.388 e. The SMILES string of the molecule is Cc1ncc(C(=O)N2C[C@@H](O)[C@](O)(CNS(C)(=O)=O)C2)c(C)n1. The molecule has 2 rings (SSSR count). The van der Waals surface area contributed by atoms with Gasteiger partial charge in [0.05, 0.1) is 24.1 Å². The lowest BCUT2D eigenvalue weighted by Crippen LogP contribution is -2.51. The van der Waals surface area contributed by atoms with E-state index in [0.29, 0.717) is 11.5 Å². The van der Waals surface area contributed by atoms with Gasteiger partial charge < -0.3 is 15.1 Å². The highest BCUT2D eigenvalue weighted by Gasteiger charge is 2.46. The first kappa shape index (κ1) is 17.7. The number of carbonyl (C=O) groups excluding carboxylic acids is 1. The molecule has 0 saturated carbocycles. The number of aliphatic hydroxyl groups excluding tert-OH is 1. The van der Waals surface area contributed by atoms with E-state index in [9.17, 15) is 23.4 Å². The van der Waals surface area contributed by atoms with E-state index in [2.05, 4.69) is 14.7 Å². The molecule has 1 aliphatic rings. The predicted octanol–water partition coefficient (Wildman–Crippen LogP) is -1.81. The van der Waals surface area contributed by atoms with Crippen LogP contribution < -0.4 is 4.72 Å². The van der Waals surface area contributed by atoms with Crippen LogP contribution in [0.4, 0.5) is 0 Å². The fourth-order valence-electron chi connectivity index (χ4n) is 2.43. The van der Waals surface area contributed by atoms with Crippen LogP contribution in [0.3, 0.4) is 0 Å². The summed E-state index contributed by atoms with van der Waals surface area (Å²) < 4.78 is 24.5. The van der Waals surface area contributed by atoms with Gasteiger partial charge in [0.2, 0.25) is 10.0 Å². The number of carbonyl (C=O) groups is 1. The summed E-state index contributed by atoms with van der Waals surface area (Å²) in [5.74, 6) is 0.117. The van der Waals surface area contributed by atoms with Gasteiger partial charge >= 0.3 is 0 Å². The molecule has 0 radical (unpaired) electrons. The lowest BCUT2D eigenvalue weighted by Gasteiger charge is -2.25. The maximum Gasteiger partial charge on any atom is 0.257 e. The second-order valence-corrected chi connectivity index (χ2v) is 7.65. The monoisotopic (exact) mass is 344 g/mol. The number of aryl methyl sites for hydroxylation is 2. The van der Waals surface area contributed by atoms with Crippen LogP contribution in [0.15, 0.2) is 6.20 Å². The average molecular weight is 344 g/mol. The number of β-amino-alcohol motifs (C(OH)–C–C–N with tert-alkyl or cyclic N) is 2. The average Bonchev–Trinajstić information content (AvgIpc) is 2.72. The zero-order valence-corrected chi connectivity index (χ0v) is 14.0. The van der Waals surface area contributed by atoms with Gasteiger partial charge in [-0.1, -0.05) is 0 Å². The van der Waals surface area contributed by atoms with Crippen molar-refractivity contribution in [3.05, 3.63) is 23.3 Å². The van der Waals surface area contributed by atoms with E-state index in [1.807, 2.05) is 0 Å². The molecular formula is C13H20N4O5S. The van der Waals surface area contributed by atoms with Gasteiger partial charge in [0.1, 0.15) is 17.5 Å². The topological polar surface area (TPSA) is 133 Å². The second kappa shape index (κ2) is 6.11. The number of nitrogens with zero attached hydrogens (tertiary/aromatic N) is 3. The van der Waals surface area contributed by atoms with E-state index in [1.54, 1.807) is 13.8 Å². The molecule has 0 bridgehead atoms. The number of rotatable bonds is 4. The summed E-state index contributed by atoms with van der Waals surface area (Å²) >= 11 is 0. The van der Waals surface area contributed by atoms with Crippen molar-refractivity contribution in [3.63, 3.8) is 0 Å². The normalized spacial score (nSPS) is 24.9. The molecule has 23 heavy (non-hydrogen) atoms. The molecule has 0 aliphatic carbocycles. The third kappa shape index (κ3) is 4.02. The Morgan fingerprint density at radius 2 is 2.17 bits per heavy atom. The minimum atomic E-state index is -3.52. The van der Waals surface area contributed by atoms with E-state index >= 15 is 0 Å². The summed E-state index contributed by atoms with van der Waals surface area (Å²) in [4.78, 5) is 21.9. The van der Waals surface area contributed by atoms with Crippen LogP contribution in [0.25, 0.3) is 0 Å². The zero-order valence-electron chi connectivity index (χ0n) is 13.1. The maximum absolute atomic E-state index is 12.5. The molecule has 2 heterocycles. The van der Waals surface area contributed by atoms with Crippen LogP contribution in [-0.4, -0.2) is 77.0 Å². The Kier molecular flexibility index (Phi) is 4.71. The Balaban J connectivity index is 2.15. The van der Waals surface area contributed by atoms with Gasteiger partial charge in [-0.15, -0.1) is 0 Å². The number of hydrogen-bond acceptors (Lipinski definition) is 7. The fourth-order valence-corrected chi connectivity index (χ4v) is 2.94. The molecule has 3 N–H and O–H groups in total. The first-order chi connectivity index (χ1) is 10.5. The van der Waals surface area contributed by atoms with Crippen molar-refractivity contribution in [1.82, 2.24) is 19.6 Å². The van der Waals surface area contributed by atoms with Gasteiger partial charge in [0, 0.05) is 19.3 Å². The van der Waals surface area contributed by atoms with E-state index in [1.165, 1.54) is 11.1 Å². The van der Waals surface area contributed by atoms with Gasteiger partial charge in [-0.2, -0.15) is 0 Å². The Morgan fingerprint density at radius 3 is 2.74 bits per heavy atom. The standard InChI is InChI=1S/C13H20N4O5S/c1-8-10(4-14-9(2)16-8)12(19)17-5-11(18)13(20,7-17)6-15-23(3,21)22/h4,11,15,18,20H,5-7H2,1-3H3/t11-,13+/m1/s1. The van der Waals surface area contributed by atoms with Crippen molar-refractivity contribution in [3.8, 4) is 0 Å². The first-order valence-electron chi connectivity index (χ1n) is 6.96. The van der Waals surface area contributed by atoms with Gasteiger partial charge in [-0.25, -0.2) is 23.1 Å². The van der Waals surface area contributed by atoms with E-state index in [-0.39, 0.29) is 25.2 Å². The molecule has 1 aromatic rings. The molecular weight excluding hydrogens is 324 g/mol. The van der Waals surface area contributed by atoms with Crippen LogP contribution in [0.1, 0.15) is 21.9 Å². The third-order valence-electron chi connectivity index (χ3n) is 3.74. The van der Waals surface area contributed by atoms with Gasteiger partial charge in [0.25, 0.3) is 5.91 Å². The molecule has 1 aromatic heterocycles. The second-order valence-electron chi connectivity index (χ2n) is 5.81. The highest BCUT2D eigenvalue weighted by Crippen LogP contribution is 2.23. The van der Waals surface area contributed by atoms with Crippen LogP contribution in [-0.2, 0) is 10.0 Å². The predicted molar refractivity (Wildman–Crippen MR) is 81.2 cm³/mol. The molecule has 2 atom stereocenters. The quantitative estimate of drug-likeness (QED) is 0.586. The number of aliphatic hydroxyl groups is 2. The van der Waals surface area contributed by atoms with Crippen molar-refractivity contribution >= 4 is 15.9 Å². The molecule has 0 unspecified atom stereocenters. The number of nitrogens with one attached hydrogen (secondary N) is 1. The summed E-state index contributed by atoms with van der Waals surface area (Å²) in [6.45, 7) is 2.71. The molecule has 0 aromatic carbocycles. The molecule has 1 fully saturated rings. The van der Waals surface area contributed by atoms with Crippen LogP contribution in [0.5, 0.6) is 0 Å². The summed E-state index contributed by atoms with van der Waals surface area (Å²) in [6, 6.07) is 0. The fraction of sp³-hybridized carbons (Fsp3) is 0.615. The number of amides is 1. The van der Waals surface area contributed by atoms with E-state index in [4.69, 9.17) is 0 Å². The lowest BCUT2D eigenvalue weighted by atomic mass is 10.0. The van der Waals surface area contributed by atoms with Crippen LogP contribution >= 0.6 is 0 Å². The molecule has 9 nitrogen and oxygen atoms in total. The van der Waals surface area contributed by atoms with Crippen molar-refractivity contribution in [2.24, 2.45) is 0 Å². The molecule has 0 spiro atoms. The summed E-state index contributed by atoms with van der Waals surface area (Å²) in [6.07, 6.45) is 1.10. The molecule has 10 heteroatoms. The van der Waals surface area contributed by atoms with Crippen molar-refractivity contribution in [1.29, 1.82) is 0 Å². The Hall–Kier alpha value is -1.62. The Morgan fingerprint density at radius 1 is 1.52 bits per heavy atom. The Labute approximate surface area is 134 Å². The summed E-state index contributed by atoms with van der Waals surface area (Å²) in [5, 5.41) is 20.4. The molecule has 1 amide bonds. The molecule has 1 saturated heterocycles. The summed E-state index contributed by atoms with van der Waals surface area (Å²) in [7, 11) is -3.52. The van der Waals surface area contributed by atoms with Crippen molar-refractivity contribution < 1.29 is 23.4 Å². The third-order valence-corrected chi connectivity index (χ3v) is 4.40. The Bertz CT molecular complexity index is 723. The maximum atomic E-state index is 12.5. The molecule has 1 aliphatic heterocycles. The highest BCUT2D eigenvalue weighted by atomic mass is 32.2. The smallest absolute Gasteiger partial charge is 0.257 e.